The number of nitrogens with one attached hydrogen (secondary N) is 1. The number of carbonyl (C=O) groups is 1. The molecule has 1 N–H and O–H groups in total. The average Bonchev–Trinajstić information content (AvgIpc) is 3.33. The normalized spacial score (nSPS) is 10.8. The molecule has 0 aliphatic carbocycles. The van der Waals surface area contributed by atoms with Crippen LogP contribution in [0.5, 0.6) is 0 Å². The second kappa shape index (κ2) is 9.02. The van der Waals surface area contributed by atoms with Crippen LogP contribution >= 0.6 is 23.1 Å². The number of nitrogens with zero attached hydrogens (tertiary/aromatic N) is 4. The first-order valence-corrected chi connectivity index (χ1v) is 10.9. The zero-order valence-electron chi connectivity index (χ0n) is 15.8. The summed E-state index contributed by atoms with van der Waals surface area (Å²) in [6.07, 6.45) is 2.41. The molecule has 8 heteroatoms. The van der Waals surface area contributed by atoms with Gasteiger partial charge in [0.2, 0.25) is 5.91 Å². The Morgan fingerprint density at radius 2 is 1.79 bits per heavy atom. The van der Waals surface area contributed by atoms with Gasteiger partial charge in [0.1, 0.15) is 5.82 Å². The summed E-state index contributed by atoms with van der Waals surface area (Å²) in [6.45, 7) is 1.96. The molecule has 4 rings (SSSR count). The SMILES string of the molecule is Cc1cnc(NC(=O)CSc2nnc(Cc3ccccc3)n2-c2ccccc2)s1. The van der Waals surface area contributed by atoms with E-state index < -0.39 is 0 Å². The average molecular weight is 422 g/mol. The molecule has 2 aromatic heterocycles. The van der Waals surface area contributed by atoms with E-state index in [-0.39, 0.29) is 11.7 Å². The Balaban J connectivity index is 1.54. The number of rotatable bonds is 7. The standard InChI is InChI=1S/C21H19N5OS2/c1-15-13-22-20(29-15)23-19(27)14-28-21-25-24-18(12-16-8-4-2-5-9-16)26(21)17-10-6-3-7-11-17/h2-11,13H,12,14H2,1H3,(H,22,23,27). The summed E-state index contributed by atoms with van der Waals surface area (Å²) in [7, 11) is 0. The van der Waals surface area contributed by atoms with Crippen LogP contribution in [0.15, 0.2) is 72.0 Å². The summed E-state index contributed by atoms with van der Waals surface area (Å²) < 4.78 is 2.01. The second-order valence-electron chi connectivity index (χ2n) is 6.35. The van der Waals surface area contributed by atoms with Crippen molar-refractivity contribution in [2.75, 3.05) is 11.1 Å². The van der Waals surface area contributed by atoms with Gasteiger partial charge in [-0.1, -0.05) is 60.3 Å². The van der Waals surface area contributed by atoms with Crippen molar-refractivity contribution >= 4 is 34.1 Å². The lowest BCUT2D eigenvalue weighted by Gasteiger charge is -2.10. The maximum absolute atomic E-state index is 12.3. The van der Waals surface area contributed by atoms with Gasteiger partial charge in [-0.2, -0.15) is 0 Å². The predicted octanol–water partition coefficient (Wildman–Crippen LogP) is 4.35. The molecular weight excluding hydrogens is 402 g/mol. The van der Waals surface area contributed by atoms with Crippen LogP contribution in [0, 0.1) is 6.92 Å². The number of aryl methyl sites for hydroxylation is 1. The molecule has 2 heterocycles. The fourth-order valence-corrected chi connectivity index (χ4v) is 4.27. The summed E-state index contributed by atoms with van der Waals surface area (Å²) >= 11 is 2.82. The third-order valence-corrected chi connectivity index (χ3v) is 5.88. The van der Waals surface area contributed by atoms with E-state index in [4.69, 9.17) is 0 Å². The van der Waals surface area contributed by atoms with Crippen molar-refractivity contribution in [2.24, 2.45) is 0 Å². The van der Waals surface area contributed by atoms with Crippen LogP contribution in [0.2, 0.25) is 0 Å². The maximum Gasteiger partial charge on any atom is 0.236 e. The van der Waals surface area contributed by atoms with Gasteiger partial charge < -0.3 is 5.32 Å². The number of hydrogen-bond acceptors (Lipinski definition) is 6. The van der Waals surface area contributed by atoms with E-state index in [9.17, 15) is 4.79 Å². The van der Waals surface area contributed by atoms with Gasteiger partial charge in [0.25, 0.3) is 0 Å². The quantitative estimate of drug-likeness (QED) is 0.449. The number of hydrogen-bond donors (Lipinski definition) is 1. The van der Waals surface area contributed by atoms with Crippen molar-refractivity contribution < 1.29 is 4.79 Å². The highest BCUT2D eigenvalue weighted by molar-refractivity contribution is 7.99. The van der Waals surface area contributed by atoms with Crippen LogP contribution in [0.25, 0.3) is 5.69 Å². The Hall–Kier alpha value is -2.97. The summed E-state index contributed by atoms with van der Waals surface area (Å²) in [5.41, 5.74) is 2.13. The van der Waals surface area contributed by atoms with Crippen LogP contribution in [-0.4, -0.2) is 31.4 Å². The van der Waals surface area contributed by atoms with Crippen LogP contribution < -0.4 is 5.32 Å². The van der Waals surface area contributed by atoms with E-state index in [0.29, 0.717) is 16.7 Å². The Labute approximate surface area is 177 Å². The first-order chi connectivity index (χ1) is 14.2. The van der Waals surface area contributed by atoms with Gasteiger partial charge in [-0.05, 0) is 24.6 Å². The Morgan fingerprint density at radius 1 is 1.07 bits per heavy atom. The largest absolute Gasteiger partial charge is 0.301 e. The van der Waals surface area contributed by atoms with E-state index in [0.717, 1.165) is 22.0 Å². The molecule has 0 spiro atoms. The van der Waals surface area contributed by atoms with E-state index in [1.165, 1.54) is 23.1 Å². The van der Waals surface area contributed by atoms with Crippen molar-refractivity contribution in [1.29, 1.82) is 0 Å². The molecule has 4 aromatic rings. The minimum absolute atomic E-state index is 0.114. The van der Waals surface area contributed by atoms with Gasteiger partial charge in [0.15, 0.2) is 10.3 Å². The van der Waals surface area contributed by atoms with E-state index in [1.807, 2.05) is 60.0 Å². The fourth-order valence-electron chi connectivity index (χ4n) is 2.82. The lowest BCUT2D eigenvalue weighted by atomic mass is 10.1. The number of para-hydroxylation sites is 1. The number of thioether (sulfide) groups is 1. The zero-order valence-corrected chi connectivity index (χ0v) is 17.4. The Bertz CT molecular complexity index is 1090. The topological polar surface area (TPSA) is 72.7 Å². The molecule has 0 saturated carbocycles. The summed E-state index contributed by atoms with van der Waals surface area (Å²) in [6, 6.07) is 20.1. The molecule has 0 aliphatic rings. The van der Waals surface area contributed by atoms with Gasteiger partial charge in [0.05, 0.1) is 5.75 Å². The first-order valence-electron chi connectivity index (χ1n) is 9.08. The molecule has 0 saturated heterocycles. The minimum atomic E-state index is -0.114. The van der Waals surface area contributed by atoms with E-state index in [2.05, 4.69) is 32.6 Å². The lowest BCUT2D eigenvalue weighted by Crippen LogP contribution is -2.14. The molecule has 6 nitrogen and oxygen atoms in total. The molecule has 0 atom stereocenters. The molecule has 0 bridgehead atoms. The molecule has 2 aromatic carbocycles. The van der Waals surface area contributed by atoms with Crippen molar-refractivity contribution in [3.05, 3.63) is 83.1 Å². The van der Waals surface area contributed by atoms with Crippen LogP contribution in [-0.2, 0) is 11.2 Å². The fraction of sp³-hybridized carbons (Fsp3) is 0.143. The molecular formula is C21H19N5OS2. The van der Waals surface area contributed by atoms with Crippen molar-refractivity contribution in [2.45, 2.75) is 18.5 Å². The number of anilines is 1. The molecule has 0 fully saturated rings. The third-order valence-electron chi connectivity index (χ3n) is 4.12. The highest BCUT2D eigenvalue weighted by Crippen LogP contribution is 2.24. The number of amides is 1. The monoisotopic (exact) mass is 421 g/mol. The van der Waals surface area contributed by atoms with Gasteiger partial charge in [0, 0.05) is 23.2 Å². The lowest BCUT2D eigenvalue weighted by molar-refractivity contribution is -0.113. The molecule has 29 heavy (non-hydrogen) atoms. The third kappa shape index (κ3) is 4.90. The summed E-state index contributed by atoms with van der Waals surface area (Å²) in [5, 5.41) is 12.9. The van der Waals surface area contributed by atoms with E-state index in [1.54, 1.807) is 6.20 Å². The smallest absolute Gasteiger partial charge is 0.236 e. The van der Waals surface area contributed by atoms with Crippen molar-refractivity contribution in [3.8, 4) is 5.69 Å². The number of thiazole rings is 1. The van der Waals surface area contributed by atoms with Crippen LogP contribution in [0.1, 0.15) is 16.3 Å². The number of benzene rings is 2. The van der Waals surface area contributed by atoms with Crippen LogP contribution in [0.3, 0.4) is 0 Å². The molecule has 1 amide bonds. The molecule has 0 radical (unpaired) electrons. The van der Waals surface area contributed by atoms with Gasteiger partial charge in [-0.15, -0.1) is 21.5 Å². The first kappa shape index (κ1) is 19.4. The zero-order chi connectivity index (χ0) is 20.1. The summed E-state index contributed by atoms with van der Waals surface area (Å²) in [4.78, 5) is 17.5. The highest BCUT2D eigenvalue weighted by atomic mass is 32.2. The molecule has 0 unspecified atom stereocenters. The highest BCUT2D eigenvalue weighted by Gasteiger charge is 2.16. The summed E-state index contributed by atoms with van der Waals surface area (Å²) in [5.74, 6) is 0.951. The Kier molecular flexibility index (Phi) is 6.02. The van der Waals surface area contributed by atoms with Gasteiger partial charge >= 0.3 is 0 Å². The maximum atomic E-state index is 12.3. The molecule has 146 valence electrons. The van der Waals surface area contributed by atoms with Gasteiger partial charge in [-0.25, -0.2) is 4.98 Å². The number of aromatic nitrogens is 4. The van der Waals surface area contributed by atoms with Crippen molar-refractivity contribution in [3.63, 3.8) is 0 Å². The second-order valence-corrected chi connectivity index (χ2v) is 8.52. The molecule has 0 aliphatic heterocycles. The minimum Gasteiger partial charge on any atom is -0.301 e. The van der Waals surface area contributed by atoms with E-state index >= 15 is 0 Å². The number of carbonyl (C=O) groups excluding carboxylic acids is 1. The predicted molar refractivity (Wildman–Crippen MR) is 117 cm³/mol. The van der Waals surface area contributed by atoms with Gasteiger partial charge in [-0.3, -0.25) is 9.36 Å². The van der Waals surface area contributed by atoms with Crippen molar-refractivity contribution in [1.82, 2.24) is 19.7 Å². The van der Waals surface area contributed by atoms with Crippen LogP contribution in [0.4, 0.5) is 5.13 Å². The Morgan fingerprint density at radius 3 is 2.48 bits per heavy atom.